The van der Waals surface area contributed by atoms with Gasteiger partial charge in [0.15, 0.2) is 5.11 Å². The van der Waals surface area contributed by atoms with Gasteiger partial charge in [-0.15, -0.1) is 11.3 Å². The van der Waals surface area contributed by atoms with Gasteiger partial charge in [0.2, 0.25) is 5.91 Å². The van der Waals surface area contributed by atoms with Crippen molar-refractivity contribution in [3.63, 3.8) is 0 Å². The van der Waals surface area contributed by atoms with E-state index in [-0.39, 0.29) is 24.0 Å². The van der Waals surface area contributed by atoms with Crippen molar-refractivity contribution in [2.24, 2.45) is 0 Å². The van der Waals surface area contributed by atoms with Crippen molar-refractivity contribution < 1.29 is 14.3 Å². The minimum Gasteiger partial charge on any atom is -0.462 e. The lowest BCUT2D eigenvalue weighted by Gasteiger charge is -2.12. The number of esters is 1. The van der Waals surface area contributed by atoms with E-state index in [0.717, 1.165) is 21.9 Å². The maximum absolute atomic E-state index is 12.7. The van der Waals surface area contributed by atoms with Gasteiger partial charge in [-0.05, 0) is 53.2 Å². The van der Waals surface area contributed by atoms with Crippen LogP contribution in [0.25, 0.3) is 21.9 Å². The average Bonchev–Trinajstić information content (AvgIpc) is 3.23. The molecule has 0 saturated carbocycles. The van der Waals surface area contributed by atoms with Crippen LogP contribution in [0.4, 0.5) is 5.00 Å². The van der Waals surface area contributed by atoms with Gasteiger partial charge in [-0.3, -0.25) is 4.79 Å². The SMILES string of the molecule is CCOC(=O)c1c(-c2ccc(Cl)cc2)csc1NC(=S)NC(=O)Cc1cccc2ccccc12. The van der Waals surface area contributed by atoms with Crippen LogP contribution in [0.3, 0.4) is 0 Å². The molecule has 0 spiro atoms. The molecule has 0 bridgehead atoms. The topological polar surface area (TPSA) is 67.4 Å². The maximum atomic E-state index is 12.7. The van der Waals surface area contributed by atoms with E-state index in [1.165, 1.54) is 11.3 Å². The molecule has 8 heteroatoms. The number of anilines is 1. The molecule has 0 atom stereocenters. The van der Waals surface area contributed by atoms with Crippen LogP contribution >= 0.6 is 35.2 Å². The van der Waals surface area contributed by atoms with Gasteiger partial charge in [-0.2, -0.15) is 0 Å². The molecule has 2 N–H and O–H groups in total. The lowest BCUT2D eigenvalue weighted by Crippen LogP contribution is -2.35. The monoisotopic (exact) mass is 508 g/mol. The van der Waals surface area contributed by atoms with E-state index in [2.05, 4.69) is 10.6 Å². The van der Waals surface area contributed by atoms with E-state index in [0.29, 0.717) is 21.2 Å². The van der Waals surface area contributed by atoms with Crippen LogP contribution < -0.4 is 10.6 Å². The molecule has 3 aromatic carbocycles. The first-order valence-corrected chi connectivity index (χ1v) is 12.2. The summed E-state index contributed by atoms with van der Waals surface area (Å²) in [6, 6.07) is 21.0. The van der Waals surface area contributed by atoms with Gasteiger partial charge in [0, 0.05) is 16.0 Å². The van der Waals surface area contributed by atoms with E-state index in [1.807, 2.05) is 60.0 Å². The molecule has 4 aromatic rings. The van der Waals surface area contributed by atoms with Crippen LogP contribution in [0.2, 0.25) is 5.02 Å². The van der Waals surface area contributed by atoms with Gasteiger partial charge in [0.1, 0.15) is 10.6 Å². The summed E-state index contributed by atoms with van der Waals surface area (Å²) >= 11 is 12.7. The number of benzene rings is 3. The van der Waals surface area contributed by atoms with Gasteiger partial charge in [0.05, 0.1) is 13.0 Å². The van der Waals surface area contributed by atoms with E-state index in [1.54, 1.807) is 19.1 Å². The molecule has 172 valence electrons. The second-order valence-electron chi connectivity index (χ2n) is 7.40. The number of hydrogen-bond donors (Lipinski definition) is 2. The maximum Gasteiger partial charge on any atom is 0.341 e. The molecular weight excluding hydrogens is 488 g/mol. The van der Waals surface area contributed by atoms with Crippen molar-refractivity contribution in [3.8, 4) is 11.1 Å². The first kappa shape index (κ1) is 23.9. The third kappa shape index (κ3) is 5.44. The quantitative estimate of drug-likeness (QED) is 0.231. The molecule has 0 radical (unpaired) electrons. The lowest BCUT2D eigenvalue weighted by molar-refractivity contribution is -0.119. The van der Waals surface area contributed by atoms with Crippen molar-refractivity contribution >= 4 is 67.9 Å². The molecule has 0 unspecified atom stereocenters. The summed E-state index contributed by atoms with van der Waals surface area (Å²) in [6.07, 6.45) is 0.175. The first-order valence-electron chi connectivity index (χ1n) is 10.6. The highest BCUT2D eigenvalue weighted by Crippen LogP contribution is 2.36. The highest BCUT2D eigenvalue weighted by atomic mass is 35.5. The highest BCUT2D eigenvalue weighted by molar-refractivity contribution is 7.80. The lowest BCUT2D eigenvalue weighted by atomic mass is 10.0. The molecule has 1 amide bonds. The van der Waals surface area contributed by atoms with Crippen molar-refractivity contribution in [1.29, 1.82) is 0 Å². The number of amides is 1. The third-order valence-electron chi connectivity index (χ3n) is 5.14. The number of nitrogens with one attached hydrogen (secondary N) is 2. The predicted molar refractivity (Wildman–Crippen MR) is 143 cm³/mol. The van der Waals surface area contributed by atoms with Gasteiger partial charge in [0.25, 0.3) is 0 Å². The minimum atomic E-state index is -0.471. The third-order valence-corrected chi connectivity index (χ3v) is 6.49. The Balaban J connectivity index is 1.51. The van der Waals surface area contributed by atoms with Crippen LogP contribution in [-0.2, 0) is 16.0 Å². The number of halogens is 1. The molecule has 0 aliphatic rings. The fourth-order valence-electron chi connectivity index (χ4n) is 3.62. The fraction of sp³-hybridized carbons (Fsp3) is 0.115. The number of ether oxygens (including phenoxy) is 1. The standard InChI is InChI=1S/C26H21ClN2O3S2/c1-2-32-25(31)23-21(17-10-12-19(27)13-11-17)15-34-24(23)29-26(33)28-22(30)14-18-8-5-7-16-6-3-4-9-20(16)18/h3-13,15H,2,14H2,1H3,(H2,28,29,30,33). The van der Waals surface area contributed by atoms with Crippen LogP contribution in [0.1, 0.15) is 22.8 Å². The molecule has 5 nitrogen and oxygen atoms in total. The van der Waals surface area contributed by atoms with Crippen molar-refractivity contribution in [1.82, 2.24) is 5.32 Å². The molecule has 1 heterocycles. The molecule has 0 saturated heterocycles. The molecule has 0 aliphatic heterocycles. The normalized spacial score (nSPS) is 10.6. The van der Waals surface area contributed by atoms with Gasteiger partial charge >= 0.3 is 5.97 Å². The molecule has 0 aliphatic carbocycles. The molecule has 4 rings (SSSR count). The largest absolute Gasteiger partial charge is 0.462 e. The summed E-state index contributed by atoms with van der Waals surface area (Å²) in [5.41, 5.74) is 2.79. The van der Waals surface area contributed by atoms with E-state index >= 15 is 0 Å². The smallest absolute Gasteiger partial charge is 0.341 e. The fourth-order valence-corrected chi connectivity index (χ4v) is 4.99. The highest BCUT2D eigenvalue weighted by Gasteiger charge is 2.22. The summed E-state index contributed by atoms with van der Waals surface area (Å²) in [5, 5.41) is 10.9. The van der Waals surface area contributed by atoms with E-state index in [9.17, 15) is 9.59 Å². The van der Waals surface area contributed by atoms with Crippen molar-refractivity contribution in [2.75, 3.05) is 11.9 Å². The Bertz CT molecular complexity index is 1360. The van der Waals surface area contributed by atoms with E-state index < -0.39 is 5.97 Å². The number of hydrogen-bond acceptors (Lipinski definition) is 5. The Labute approximate surface area is 211 Å². The van der Waals surface area contributed by atoms with Crippen LogP contribution in [0, 0.1) is 0 Å². The van der Waals surface area contributed by atoms with Gasteiger partial charge in [-0.25, -0.2) is 4.79 Å². The second-order valence-corrected chi connectivity index (χ2v) is 9.12. The summed E-state index contributed by atoms with van der Waals surface area (Å²) in [7, 11) is 0. The Kier molecular flexibility index (Phi) is 7.57. The second kappa shape index (κ2) is 10.8. The zero-order chi connectivity index (χ0) is 24.1. The zero-order valence-electron chi connectivity index (χ0n) is 18.3. The zero-order valence-corrected chi connectivity index (χ0v) is 20.7. The number of thiocarbonyl (C=S) groups is 1. The summed E-state index contributed by atoms with van der Waals surface area (Å²) in [5.74, 6) is -0.720. The number of carbonyl (C=O) groups is 2. The number of thiophene rings is 1. The van der Waals surface area contributed by atoms with Crippen LogP contribution in [0.5, 0.6) is 0 Å². The Morgan fingerprint density at radius 2 is 1.76 bits per heavy atom. The predicted octanol–water partition coefficient (Wildman–Crippen LogP) is 6.45. The summed E-state index contributed by atoms with van der Waals surface area (Å²) in [6.45, 7) is 1.98. The van der Waals surface area contributed by atoms with Crippen molar-refractivity contribution in [3.05, 3.63) is 88.3 Å². The minimum absolute atomic E-state index is 0.111. The Morgan fingerprint density at radius 3 is 2.53 bits per heavy atom. The average molecular weight is 509 g/mol. The number of carbonyl (C=O) groups excluding carboxylic acids is 2. The molecule has 1 aromatic heterocycles. The molecular formula is C26H21ClN2O3S2. The van der Waals surface area contributed by atoms with Gasteiger partial charge < -0.3 is 15.4 Å². The Hall–Kier alpha value is -3.26. The molecule has 0 fully saturated rings. The number of fused-ring (bicyclic) bond motifs is 1. The Morgan fingerprint density at radius 1 is 1.03 bits per heavy atom. The van der Waals surface area contributed by atoms with Crippen molar-refractivity contribution in [2.45, 2.75) is 13.3 Å². The number of rotatable bonds is 6. The first-order chi connectivity index (χ1) is 16.5. The summed E-state index contributed by atoms with van der Waals surface area (Å²) in [4.78, 5) is 25.4. The van der Waals surface area contributed by atoms with Crippen LogP contribution in [-0.4, -0.2) is 23.6 Å². The van der Waals surface area contributed by atoms with Gasteiger partial charge in [-0.1, -0.05) is 66.2 Å². The summed E-state index contributed by atoms with van der Waals surface area (Å²) < 4.78 is 5.27. The van der Waals surface area contributed by atoms with E-state index in [4.69, 9.17) is 28.6 Å². The van der Waals surface area contributed by atoms with Crippen LogP contribution in [0.15, 0.2) is 72.1 Å². The molecule has 34 heavy (non-hydrogen) atoms.